The lowest BCUT2D eigenvalue weighted by atomic mass is 9.80. The van der Waals surface area contributed by atoms with Crippen LogP contribution in [0.4, 0.5) is 0 Å². The predicted octanol–water partition coefficient (Wildman–Crippen LogP) is 2.40. The van der Waals surface area contributed by atoms with Crippen molar-refractivity contribution in [1.82, 2.24) is 4.90 Å². The van der Waals surface area contributed by atoms with Crippen molar-refractivity contribution in [2.75, 3.05) is 21.2 Å². The Hall–Kier alpha value is -0.560. The Bertz CT molecular complexity index is 332. The topological polar surface area (TPSA) is 21.7 Å². The van der Waals surface area contributed by atoms with Crippen LogP contribution in [0.25, 0.3) is 0 Å². The van der Waals surface area contributed by atoms with Gasteiger partial charge < -0.3 is 9.47 Å². The largest absolute Gasteiger partial charge is 0.376 e. The van der Waals surface area contributed by atoms with Crippen LogP contribution in [-0.4, -0.2) is 50.0 Å². The standard InChI is InChI=1S/C16H29NO2/c1-9-16(17(6)7)14(12(4)5)19-13(10-11(2)3)15(16)18-8/h1,11-15H,10H2,2-8H3/t13-,14+,15-,16+/m1/s1. The van der Waals surface area contributed by atoms with E-state index in [-0.39, 0.29) is 18.3 Å². The van der Waals surface area contributed by atoms with E-state index < -0.39 is 5.54 Å². The molecule has 1 saturated heterocycles. The van der Waals surface area contributed by atoms with Gasteiger partial charge in [0.05, 0.1) is 12.2 Å². The highest BCUT2D eigenvalue weighted by Crippen LogP contribution is 2.41. The molecule has 0 spiro atoms. The minimum atomic E-state index is -0.484. The number of terminal acetylenes is 1. The first-order valence-electron chi connectivity index (χ1n) is 7.14. The fraction of sp³-hybridized carbons (Fsp3) is 0.875. The zero-order valence-electron chi connectivity index (χ0n) is 13.4. The summed E-state index contributed by atoms with van der Waals surface area (Å²) in [5.41, 5.74) is -0.484. The lowest BCUT2D eigenvalue weighted by Gasteiger charge is -2.40. The van der Waals surface area contributed by atoms with E-state index in [9.17, 15) is 0 Å². The van der Waals surface area contributed by atoms with Gasteiger partial charge >= 0.3 is 0 Å². The van der Waals surface area contributed by atoms with E-state index in [4.69, 9.17) is 15.9 Å². The third-order valence-electron chi connectivity index (χ3n) is 4.06. The zero-order valence-corrected chi connectivity index (χ0v) is 13.4. The van der Waals surface area contributed by atoms with Gasteiger partial charge in [-0.15, -0.1) is 6.42 Å². The predicted molar refractivity (Wildman–Crippen MR) is 79.0 cm³/mol. The van der Waals surface area contributed by atoms with E-state index in [0.717, 1.165) is 6.42 Å². The van der Waals surface area contributed by atoms with Gasteiger partial charge in [-0.3, -0.25) is 4.90 Å². The molecule has 0 N–H and O–H groups in total. The third-order valence-corrected chi connectivity index (χ3v) is 4.06. The minimum Gasteiger partial charge on any atom is -0.376 e. The Labute approximate surface area is 118 Å². The van der Waals surface area contributed by atoms with Gasteiger partial charge in [0, 0.05) is 7.11 Å². The summed E-state index contributed by atoms with van der Waals surface area (Å²) in [4.78, 5) is 2.09. The second-order valence-corrected chi connectivity index (χ2v) is 6.49. The summed E-state index contributed by atoms with van der Waals surface area (Å²) in [6.45, 7) is 8.72. The molecule has 0 unspecified atom stereocenters. The first-order chi connectivity index (χ1) is 8.81. The Balaban J connectivity index is 3.18. The Morgan fingerprint density at radius 1 is 1.32 bits per heavy atom. The van der Waals surface area contributed by atoms with Crippen LogP contribution < -0.4 is 0 Å². The molecule has 0 aromatic heterocycles. The van der Waals surface area contributed by atoms with E-state index in [1.165, 1.54) is 0 Å². The lowest BCUT2D eigenvalue weighted by Crippen LogP contribution is -2.59. The summed E-state index contributed by atoms with van der Waals surface area (Å²) in [5.74, 6) is 3.90. The molecular formula is C16H29NO2. The molecule has 0 aliphatic carbocycles. The van der Waals surface area contributed by atoms with Gasteiger partial charge in [-0.2, -0.15) is 0 Å². The van der Waals surface area contributed by atoms with Crippen molar-refractivity contribution in [2.24, 2.45) is 11.8 Å². The zero-order chi connectivity index (χ0) is 14.8. The molecule has 1 aliphatic heterocycles. The number of methoxy groups -OCH3 is 1. The molecule has 0 saturated carbocycles. The number of likely N-dealkylation sites (N-methyl/N-ethyl adjacent to an activating group) is 1. The maximum Gasteiger partial charge on any atom is 0.137 e. The quantitative estimate of drug-likeness (QED) is 0.714. The van der Waals surface area contributed by atoms with Crippen molar-refractivity contribution in [3.05, 3.63) is 0 Å². The van der Waals surface area contributed by atoms with Crippen LogP contribution in [0.2, 0.25) is 0 Å². The van der Waals surface area contributed by atoms with Crippen LogP contribution in [0.3, 0.4) is 0 Å². The van der Waals surface area contributed by atoms with Gasteiger partial charge in [0.1, 0.15) is 11.6 Å². The Morgan fingerprint density at radius 2 is 1.89 bits per heavy atom. The summed E-state index contributed by atoms with van der Waals surface area (Å²) in [6.07, 6.45) is 6.86. The maximum atomic E-state index is 6.30. The molecule has 1 aliphatic rings. The van der Waals surface area contributed by atoms with Crippen LogP contribution in [0.15, 0.2) is 0 Å². The van der Waals surface area contributed by atoms with E-state index in [1.54, 1.807) is 7.11 Å². The van der Waals surface area contributed by atoms with Crippen molar-refractivity contribution in [2.45, 2.75) is 58.0 Å². The van der Waals surface area contributed by atoms with E-state index in [1.807, 2.05) is 14.1 Å². The molecule has 0 bridgehead atoms. The van der Waals surface area contributed by atoms with Crippen LogP contribution in [0.1, 0.15) is 34.1 Å². The fourth-order valence-corrected chi connectivity index (χ4v) is 3.25. The molecular weight excluding hydrogens is 238 g/mol. The molecule has 0 amide bonds. The van der Waals surface area contributed by atoms with E-state index >= 15 is 0 Å². The second-order valence-electron chi connectivity index (χ2n) is 6.49. The summed E-state index contributed by atoms with van der Waals surface area (Å²) in [7, 11) is 5.77. The van der Waals surface area contributed by atoms with Crippen LogP contribution in [0, 0.1) is 24.2 Å². The highest BCUT2D eigenvalue weighted by Gasteiger charge is 2.58. The first kappa shape index (κ1) is 16.5. The molecule has 4 atom stereocenters. The molecule has 0 aromatic rings. The summed E-state index contributed by atoms with van der Waals surface area (Å²) in [5, 5.41) is 0. The average molecular weight is 267 g/mol. The fourth-order valence-electron chi connectivity index (χ4n) is 3.25. The summed E-state index contributed by atoms with van der Waals surface area (Å²) in [6, 6.07) is 0. The van der Waals surface area contributed by atoms with Crippen LogP contribution in [0.5, 0.6) is 0 Å². The SMILES string of the molecule is C#C[C@@]1(N(C)C)[C@H](OC)[C@@H](CC(C)C)O[C@H]1C(C)C. The number of ether oxygens (including phenoxy) is 2. The highest BCUT2D eigenvalue weighted by molar-refractivity contribution is 5.26. The van der Waals surface area contributed by atoms with Crippen LogP contribution >= 0.6 is 0 Å². The van der Waals surface area contributed by atoms with Gasteiger partial charge in [0.15, 0.2) is 0 Å². The average Bonchev–Trinajstić information content (AvgIpc) is 2.62. The van der Waals surface area contributed by atoms with E-state index in [2.05, 4.69) is 38.5 Å². The summed E-state index contributed by atoms with van der Waals surface area (Å²) >= 11 is 0. The Morgan fingerprint density at radius 3 is 2.21 bits per heavy atom. The molecule has 1 heterocycles. The molecule has 19 heavy (non-hydrogen) atoms. The normalized spacial score (nSPS) is 35.3. The van der Waals surface area contributed by atoms with Crippen molar-refractivity contribution in [3.8, 4) is 12.3 Å². The molecule has 110 valence electrons. The number of hydrogen-bond acceptors (Lipinski definition) is 3. The number of hydrogen-bond donors (Lipinski definition) is 0. The van der Waals surface area contributed by atoms with Crippen molar-refractivity contribution in [1.29, 1.82) is 0 Å². The molecule has 0 radical (unpaired) electrons. The first-order valence-corrected chi connectivity index (χ1v) is 7.14. The van der Waals surface area contributed by atoms with Gasteiger partial charge in [0.25, 0.3) is 0 Å². The van der Waals surface area contributed by atoms with Gasteiger partial charge in [-0.25, -0.2) is 0 Å². The number of nitrogens with zero attached hydrogens (tertiary/aromatic N) is 1. The van der Waals surface area contributed by atoms with Crippen molar-refractivity contribution < 1.29 is 9.47 Å². The number of rotatable bonds is 5. The van der Waals surface area contributed by atoms with Gasteiger partial charge in [0.2, 0.25) is 0 Å². The van der Waals surface area contributed by atoms with Gasteiger partial charge in [-0.05, 0) is 32.4 Å². The lowest BCUT2D eigenvalue weighted by molar-refractivity contribution is -0.0265. The van der Waals surface area contributed by atoms with Crippen molar-refractivity contribution in [3.63, 3.8) is 0 Å². The van der Waals surface area contributed by atoms with Crippen LogP contribution in [-0.2, 0) is 9.47 Å². The molecule has 1 fully saturated rings. The monoisotopic (exact) mass is 267 g/mol. The summed E-state index contributed by atoms with van der Waals surface area (Å²) < 4.78 is 12.1. The Kier molecular flexibility index (Phi) is 5.43. The minimum absolute atomic E-state index is 0.00111. The van der Waals surface area contributed by atoms with Crippen molar-refractivity contribution >= 4 is 0 Å². The molecule has 3 heteroatoms. The molecule has 1 rings (SSSR count). The molecule has 0 aromatic carbocycles. The second kappa shape index (κ2) is 6.26. The van der Waals surface area contributed by atoms with E-state index in [0.29, 0.717) is 11.8 Å². The maximum absolute atomic E-state index is 6.30. The third kappa shape index (κ3) is 2.81. The smallest absolute Gasteiger partial charge is 0.137 e. The highest BCUT2D eigenvalue weighted by atomic mass is 16.6. The molecule has 3 nitrogen and oxygen atoms in total. The van der Waals surface area contributed by atoms with Gasteiger partial charge in [-0.1, -0.05) is 33.6 Å².